The Hall–Kier alpha value is -0.900. The summed E-state index contributed by atoms with van der Waals surface area (Å²) in [5, 5.41) is 19.5. The third-order valence-corrected chi connectivity index (χ3v) is 10.0. The molecule has 4 aliphatic carbocycles. The van der Waals surface area contributed by atoms with E-state index in [0.717, 1.165) is 51.4 Å². The average Bonchev–Trinajstić information content (AvgIpc) is 2.87. The standard InChI is InChI=1S/C25H40O4/c1-15(4-7-22(28)29)18-5-6-20-23-19(9-11-25(18,20)3)24(2)10-8-17(26)12-16(14-24)13-21(23)27/h15-20,23,26H,4-14H2,1-3H3,(H,28,29)/t15-,16-,17-,18-,19?,20?,23?,24+,25-/m1/s1. The monoisotopic (exact) mass is 404 g/mol. The molecule has 164 valence electrons. The first-order valence-electron chi connectivity index (χ1n) is 12.1. The van der Waals surface area contributed by atoms with Crippen molar-refractivity contribution >= 4 is 11.8 Å². The molecule has 0 aromatic carbocycles. The summed E-state index contributed by atoms with van der Waals surface area (Å²) >= 11 is 0. The van der Waals surface area contributed by atoms with E-state index in [-0.39, 0.29) is 29.3 Å². The minimum absolute atomic E-state index is 0.180. The summed E-state index contributed by atoms with van der Waals surface area (Å²) in [6.45, 7) is 7.08. The number of carboxylic acid groups (broad SMARTS) is 1. The van der Waals surface area contributed by atoms with Gasteiger partial charge in [0.1, 0.15) is 5.78 Å². The number of carbonyl (C=O) groups excluding carboxylic acids is 1. The van der Waals surface area contributed by atoms with Gasteiger partial charge in [0.2, 0.25) is 0 Å². The predicted octanol–water partition coefficient (Wildman–Crippen LogP) is 5.08. The summed E-state index contributed by atoms with van der Waals surface area (Å²) in [6.07, 6.45) is 9.89. The van der Waals surface area contributed by atoms with Crippen LogP contribution >= 0.6 is 0 Å². The number of rotatable bonds is 4. The average molecular weight is 405 g/mol. The van der Waals surface area contributed by atoms with Crippen molar-refractivity contribution in [1.82, 2.24) is 0 Å². The Morgan fingerprint density at radius 3 is 2.62 bits per heavy atom. The van der Waals surface area contributed by atoms with Crippen LogP contribution in [0.1, 0.15) is 91.4 Å². The van der Waals surface area contributed by atoms with Crippen molar-refractivity contribution in [3.8, 4) is 0 Å². The highest BCUT2D eigenvalue weighted by Crippen LogP contribution is 2.66. The first kappa shape index (κ1) is 21.3. The summed E-state index contributed by atoms with van der Waals surface area (Å²) in [4.78, 5) is 24.6. The summed E-state index contributed by atoms with van der Waals surface area (Å²) < 4.78 is 0. The minimum Gasteiger partial charge on any atom is -0.481 e. The number of ketones is 1. The lowest BCUT2D eigenvalue weighted by molar-refractivity contribution is -0.137. The first-order valence-corrected chi connectivity index (χ1v) is 12.1. The van der Waals surface area contributed by atoms with Crippen LogP contribution in [-0.4, -0.2) is 28.1 Å². The van der Waals surface area contributed by atoms with Gasteiger partial charge in [-0.3, -0.25) is 9.59 Å². The molecule has 3 unspecified atom stereocenters. The molecule has 9 atom stereocenters. The maximum atomic E-state index is 13.6. The highest BCUT2D eigenvalue weighted by molar-refractivity contribution is 5.82. The van der Waals surface area contributed by atoms with E-state index in [9.17, 15) is 14.7 Å². The van der Waals surface area contributed by atoms with Crippen LogP contribution in [0.3, 0.4) is 0 Å². The van der Waals surface area contributed by atoms with Gasteiger partial charge in [-0.05, 0) is 98.2 Å². The number of hydrogen-bond donors (Lipinski definition) is 2. The number of carbonyl (C=O) groups is 2. The molecule has 2 N–H and O–H groups in total. The van der Waals surface area contributed by atoms with E-state index in [1.807, 2.05) is 0 Å². The van der Waals surface area contributed by atoms with Crippen molar-refractivity contribution in [2.45, 2.75) is 97.5 Å². The number of fused-ring (bicyclic) bond motifs is 6. The summed E-state index contributed by atoms with van der Waals surface area (Å²) in [6, 6.07) is 0. The predicted molar refractivity (Wildman–Crippen MR) is 112 cm³/mol. The van der Waals surface area contributed by atoms with Gasteiger partial charge in [-0.1, -0.05) is 20.8 Å². The summed E-state index contributed by atoms with van der Waals surface area (Å²) in [7, 11) is 0. The van der Waals surface area contributed by atoms with Crippen LogP contribution in [0.4, 0.5) is 0 Å². The SMILES string of the molecule is C[C@H](CCC(=O)O)[C@H]1CCC2C3C(=O)C[C@H]4C[C@H](O)CC[C@@](C)(C4)C3CC[C@@]21C. The third kappa shape index (κ3) is 3.68. The van der Waals surface area contributed by atoms with Crippen LogP contribution in [0.2, 0.25) is 0 Å². The molecule has 4 nitrogen and oxygen atoms in total. The Morgan fingerprint density at radius 1 is 1.14 bits per heavy atom. The van der Waals surface area contributed by atoms with Crippen molar-refractivity contribution in [2.24, 2.45) is 46.3 Å². The zero-order valence-corrected chi connectivity index (χ0v) is 18.5. The molecule has 29 heavy (non-hydrogen) atoms. The van der Waals surface area contributed by atoms with Crippen LogP contribution in [0.15, 0.2) is 0 Å². The fourth-order valence-electron chi connectivity index (χ4n) is 8.65. The van der Waals surface area contributed by atoms with E-state index >= 15 is 0 Å². The molecular formula is C25H40O4. The Balaban J connectivity index is 1.60. The van der Waals surface area contributed by atoms with Gasteiger partial charge in [-0.2, -0.15) is 0 Å². The molecule has 4 rings (SSSR count). The largest absolute Gasteiger partial charge is 0.481 e. The molecule has 0 amide bonds. The molecule has 4 fully saturated rings. The van der Waals surface area contributed by atoms with Crippen molar-refractivity contribution in [1.29, 1.82) is 0 Å². The lowest BCUT2D eigenvalue weighted by Crippen LogP contribution is -2.49. The number of carboxylic acids is 1. The number of hydrogen-bond acceptors (Lipinski definition) is 3. The summed E-state index contributed by atoms with van der Waals surface area (Å²) in [5.74, 6) is 2.21. The van der Waals surface area contributed by atoms with E-state index in [1.165, 1.54) is 6.42 Å². The van der Waals surface area contributed by atoms with Gasteiger partial charge in [0.25, 0.3) is 0 Å². The van der Waals surface area contributed by atoms with Crippen molar-refractivity contribution in [3.63, 3.8) is 0 Å². The Labute approximate surface area is 175 Å². The molecule has 4 saturated carbocycles. The first-order chi connectivity index (χ1) is 13.6. The quantitative estimate of drug-likeness (QED) is 0.685. The lowest BCUT2D eigenvalue weighted by Gasteiger charge is -2.53. The van der Waals surface area contributed by atoms with Crippen LogP contribution in [0.25, 0.3) is 0 Å². The van der Waals surface area contributed by atoms with E-state index in [0.29, 0.717) is 41.8 Å². The molecule has 0 aliphatic heterocycles. The molecule has 2 bridgehead atoms. The second-order valence-electron chi connectivity index (χ2n) is 11.7. The maximum absolute atomic E-state index is 13.6. The molecule has 0 radical (unpaired) electrons. The molecular weight excluding hydrogens is 364 g/mol. The highest BCUT2D eigenvalue weighted by Gasteiger charge is 2.60. The van der Waals surface area contributed by atoms with E-state index in [2.05, 4.69) is 20.8 Å². The second-order valence-corrected chi connectivity index (χ2v) is 11.7. The van der Waals surface area contributed by atoms with Crippen LogP contribution in [-0.2, 0) is 9.59 Å². The van der Waals surface area contributed by atoms with Gasteiger partial charge >= 0.3 is 5.97 Å². The zero-order valence-electron chi connectivity index (χ0n) is 18.5. The second kappa shape index (κ2) is 7.66. The molecule has 0 aromatic heterocycles. The maximum Gasteiger partial charge on any atom is 0.303 e. The molecule has 4 aliphatic rings. The molecule has 0 saturated heterocycles. The van der Waals surface area contributed by atoms with Gasteiger partial charge in [0.05, 0.1) is 6.10 Å². The zero-order chi connectivity index (χ0) is 21.0. The van der Waals surface area contributed by atoms with Gasteiger partial charge in [-0.25, -0.2) is 0 Å². The molecule has 0 heterocycles. The van der Waals surface area contributed by atoms with E-state index in [4.69, 9.17) is 5.11 Å². The Bertz CT molecular complexity index is 659. The summed E-state index contributed by atoms with van der Waals surface area (Å²) in [5.41, 5.74) is 0.367. The van der Waals surface area contributed by atoms with Gasteiger partial charge in [0.15, 0.2) is 0 Å². The minimum atomic E-state index is -0.697. The number of aliphatic hydroxyl groups excluding tert-OH is 1. The lowest BCUT2D eigenvalue weighted by atomic mass is 9.51. The Morgan fingerprint density at radius 2 is 1.90 bits per heavy atom. The van der Waals surface area contributed by atoms with Crippen molar-refractivity contribution < 1.29 is 19.8 Å². The normalized spacial score (nSPS) is 48.2. The number of Topliss-reactive ketones (excluding diaryl/α,β-unsaturated/α-hetero) is 1. The fourth-order valence-corrected chi connectivity index (χ4v) is 8.65. The number of aliphatic carboxylic acids is 1. The molecule has 4 heteroatoms. The van der Waals surface area contributed by atoms with Crippen molar-refractivity contribution in [3.05, 3.63) is 0 Å². The smallest absolute Gasteiger partial charge is 0.303 e. The third-order valence-electron chi connectivity index (χ3n) is 10.0. The Kier molecular flexibility index (Phi) is 5.63. The molecule has 0 aromatic rings. The fraction of sp³-hybridized carbons (Fsp3) is 0.920. The van der Waals surface area contributed by atoms with Gasteiger partial charge in [-0.15, -0.1) is 0 Å². The molecule has 0 spiro atoms. The van der Waals surface area contributed by atoms with Crippen LogP contribution < -0.4 is 0 Å². The highest BCUT2D eigenvalue weighted by atomic mass is 16.4. The van der Waals surface area contributed by atoms with E-state index < -0.39 is 5.97 Å². The van der Waals surface area contributed by atoms with Gasteiger partial charge in [0, 0.05) is 18.8 Å². The van der Waals surface area contributed by atoms with Crippen LogP contribution in [0, 0.1) is 46.3 Å². The topological polar surface area (TPSA) is 74.6 Å². The van der Waals surface area contributed by atoms with Gasteiger partial charge < -0.3 is 10.2 Å². The van der Waals surface area contributed by atoms with Crippen molar-refractivity contribution in [2.75, 3.05) is 0 Å². The number of aliphatic hydroxyl groups is 1. The van der Waals surface area contributed by atoms with E-state index in [1.54, 1.807) is 0 Å². The van der Waals surface area contributed by atoms with Crippen LogP contribution in [0.5, 0.6) is 0 Å².